The Morgan fingerprint density at radius 2 is 1.59 bits per heavy atom. The Morgan fingerprint density at radius 3 is 2.20 bits per heavy atom. The monoisotopic (exact) mass is 653 g/mol. The van der Waals surface area contributed by atoms with Gasteiger partial charge >= 0.3 is 12.1 Å². The Morgan fingerprint density at radius 1 is 0.913 bits per heavy atom. The lowest BCUT2D eigenvalue weighted by Gasteiger charge is -2.27. The van der Waals surface area contributed by atoms with Gasteiger partial charge in [0.2, 0.25) is 5.91 Å². The molecule has 0 aliphatic heterocycles. The highest BCUT2D eigenvalue weighted by atomic mass is 35.5. The molecule has 0 unspecified atom stereocenters. The largest absolute Gasteiger partial charge is 0.471 e. The van der Waals surface area contributed by atoms with Crippen LogP contribution in [-0.2, 0) is 27.3 Å². The fourth-order valence-electron chi connectivity index (χ4n) is 4.36. The molecule has 3 aromatic rings. The van der Waals surface area contributed by atoms with Crippen molar-refractivity contribution < 1.29 is 27.6 Å². The topological polar surface area (TPSA) is 117 Å². The second-order valence-electron chi connectivity index (χ2n) is 10.3. The standard InChI is InChI=1S/C34H35ClF3N5O3/c1-22(19-40-17-16-25-8-5-4-6-9-25)32(45)43(21-30(44)41-20-26-12-14-27(15-13-26)24(3)39)31(23(2)35)28-10-7-11-29(18-28)42-33(46)34(36,37)38/h4-15,18,40H,1,3,16-17,19-21,39H2,2H3,(H,41,44)(H,42,46)/b31-23+. The average molecular weight is 654 g/mol. The van der Waals surface area contributed by atoms with E-state index in [0.717, 1.165) is 21.6 Å². The zero-order valence-electron chi connectivity index (χ0n) is 25.2. The van der Waals surface area contributed by atoms with Crippen LogP contribution < -0.4 is 21.7 Å². The number of halogens is 4. The molecule has 0 atom stereocenters. The minimum Gasteiger partial charge on any atom is -0.399 e. The molecule has 242 valence electrons. The van der Waals surface area contributed by atoms with E-state index in [-0.39, 0.29) is 40.6 Å². The maximum Gasteiger partial charge on any atom is 0.471 e. The van der Waals surface area contributed by atoms with Crippen molar-refractivity contribution >= 4 is 46.4 Å². The van der Waals surface area contributed by atoms with Crippen molar-refractivity contribution in [1.82, 2.24) is 15.5 Å². The molecule has 8 nitrogen and oxygen atoms in total. The molecule has 3 amide bonds. The van der Waals surface area contributed by atoms with Gasteiger partial charge in [-0.1, -0.05) is 91.5 Å². The predicted octanol–water partition coefficient (Wildman–Crippen LogP) is 5.58. The van der Waals surface area contributed by atoms with Crippen LogP contribution in [0.3, 0.4) is 0 Å². The van der Waals surface area contributed by atoms with Crippen molar-refractivity contribution in [2.45, 2.75) is 26.1 Å². The molecule has 0 aliphatic rings. The van der Waals surface area contributed by atoms with E-state index in [0.29, 0.717) is 18.7 Å². The van der Waals surface area contributed by atoms with Gasteiger partial charge in [0.05, 0.1) is 5.70 Å². The van der Waals surface area contributed by atoms with Gasteiger partial charge in [0.15, 0.2) is 0 Å². The molecule has 0 heterocycles. The molecule has 0 aliphatic carbocycles. The maximum atomic E-state index is 13.8. The van der Waals surface area contributed by atoms with E-state index >= 15 is 0 Å². The number of rotatable bonds is 14. The van der Waals surface area contributed by atoms with Crippen LogP contribution in [0, 0.1) is 0 Å². The summed E-state index contributed by atoms with van der Waals surface area (Å²) in [5, 5.41) is 7.79. The third kappa shape index (κ3) is 10.6. The summed E-state index contributed by atoms with van der Waals surface area (Å²) in [6, 6.07) is 22.2. The molecule has 0 fully saturated rings. The maximum absolute atomic E-state index is 13.8. The highest BCUT2D eigenvalue weighted by molar-refractivity contribution is 6.32. The first-order valence-corrected chi connectivity index (χ1v) is 14.5. The van der Waals surface area contributed by atoms with Crippen molar-refractivity contribution in [1.29, 1.82) is 0 Å². The lowest BCUT2D eigenvalue weighted by atomic mass is 10.1. The van der Waals surface area contributed by atoms with Crippen molar-refractivity contribution in [2.24, 2.45) is 5.73 Å². The molecule has 0 radical (unpaired) electrons. The molecular weight excluding hydrogens is 619 g/mol. The lowest BCUT2D eigenvalue weighted by Crippen LogP contribution is -2.41. The molecule has 0 spiro atoms. The van der Waals surface area contributed by atoms with Gasteiger partial charge in [0.25, 0.3) is 5.91 Å². The number of hydrogen-bond donors (Lipinski definition) is 4. The quantitative estimate of drug-likeness (QED) is 0.134. The number of amides is 3. The van der Waals surface area contributed by atoms with Gasteiger partial charge < -0.3 is 21.7 Å². The number of nitrogens with zero attached hydrogens (tertiary/aromatic N) is 1. The van der Waals surface area contributed by atoms with Crippen molar-refractivity contribution in [3.63, 3.8) is 0 Å². The van der Waals surface area contributed by atoms with Crippen LogP contribution in [-0.4, -0.2) is 48.4 Å². The highest BCUT2D eigenvalue weighted by Crippen LogP contribution is 2.29. The minimum absolute atomic E-state index is 0.0566. The first-order valence-electron chi connectivity index (χ1n) is 14.2. The molecule has 3 aromatic carbocycles. The third-order valence-corrected chi connectivity index (χ3v) is 6.86. The second-order valence-corrected chi connectivity index (χ2v) is 10.9. The summed E-state index contributed by atoms with van der Waals surface area (Å²) in [6.45, 7) is 9.37. The van der Waals surface area contributed by atoms with E-state index in [1.807, 2.05) is 30.3 Å². The van der Waals surface area contributed by atoms with Crippen molar-refractivity contribution in [2.75, 3.05) is 25.0 Å². The number of allylic oxidation sites excluding steroid dienone is 1. The number of nitrogens with two attached hydrogens (primary N) is 1. The minimum atomic E-state index is -5.11. The zero-order chi connectivity index (χ0) is 33.9. The fraction of sp³-hybridized carbons (Fsp3) is 0.206. The molecule has 12 heteroatoms. The van der Waals surface area contributed by atoms with E-state index < -0.39 is 30.4 Å². The van der Waals surface area contributed by atoms with Gasteiger partial charge in [-0.3, -0.25) is 19.3 Å². The number of hydrogen-bond acceptors (Lipinski definition) is 5. The average Bonchev–Trinajstić information content (AvgIpc) is 3.01. The van der Waals surface area contributed by atoms with E-state index in [2.05, 4.69) is 23.8 Å². The summed E-state index contributed by atoms with van der Waals surface area (Å²) in [6.07, 6.45) is -4.40. The second kappa shape index (κ2) is 16.4. The number of nitrogens with one attached hydrogen (secondary N) is 3. The summed E-state index contributed by atoms with van der Waals surface area (Å²) in [5.41, 5.74) is 8.91. The van der Waals surface area contributed by atoms with Crippen LogP contribution in [0.1, 0.15) is 29.2 Å². The Bertz CT molecular complexity index is 1600. The molecule has 5 N–H and O–H groups in total. The zero-order valence-corrected chi connectivity index (χ0v) is 26.0. The molecule has 0 saturated carbocycles. The van der Waals surface area contributed by atoms with Crippen LogP contribution in [0.15, 0.2) is 103 Å². The predicted molar refractivity (Wildman–Crippen MR) is 175 cm³/mol. The number of benzene rings is 3. The summed E-state index contributed by atoms with van der Waals surface area (Å²) in [4.78, 5) is 39.7. The summed E-state index contributed by atoms with van der Waals surface area (Å²) < 4.78 is 38.7. The number of carbonyl (C=O) groups excluding carboxylic acids is 3. The molecule has 46 heavy (non-hydrogen) atoms. The molecule has 0 aromatic heterocycles. The van der Waals surface area contributed by atoms with E-state index in [1.54, 1.807) is 29.6 Å². The molecule has 0 bridgehead atoms. The third-order valence-electron chi connectivity index (χ3n) is 6.68. The van der Waals surface area contributed by atoms with Crippen molar-refractivity contribution in [3.8, 4) is 0 Å². The van der Waals surface area contributed by atoms with Gasteiger partial charge in [0.1, 0.15) is 6.54 Å². The van der Waals surface area contributed by atoms with Crippen LogP contribution in [0.25, 0.3) is 11.4 Å². The lowest BCUT2D eigenvalue weighted by molar-refractivity contribution is -0.167. The van der Waals surface area contributed by atoms with Gasteiger partial charge in [-0.25, -0.2) is 0 Å². The Kier molecular flexibility index (Phi) is 12.7. The smallest absolute Gasteiger partial charge is 0.399 e. The van der Waals surface area contributed by atoms with Gasteiger partial charge in [0, 0.05) is 40.6 Å². The van der Waals surface area contributed by atoms with Crippen LogP contribution in [0.2, 0.25) is 0 Å². The summed E-state index contributed by atoms with van der Waals surface area (Å²) in [5.74, 6) is -3.33. The van der Waals surface area contributed by atoms with Gasteiger partial charge in [-0.05, 0) is 48.7 Å². The van der Waals surface area contributed by atoms with Gasteiger partial charge in [-0.2, -0.15) is 13.2 Å². The fourth-order valence-corrected chi connectivity index (χ4v) is 4.57. The summed E-state index contributed by atoms with van der Waals surface area (Å²) in [7, 11) is 0. The number of anilines is 1. The van der Waals surface area contributed by atoms with Gasteiger partial charge in [-0.15, -0.1) is 0 Å². The highest BCUT2D eigenvalue weighted by Gasteiger charge is 2.38. The summed E-state index contributed by atoms with van der Waals surface area (Å²) >= 11 is 6.47. The van der Waals surface area contributed by atoms with E-state index in [9.17, 15) is 27.6 Å². The molecule has 0 saturated heterocycles. The first-order chi connectivity index (χ1) is 21.8. The van der Waals surface area contributed by atoms with E-state index in [1.165, 1.54) is 31.2 Å². The SMILES string of the molecule is C=C(CNCCc1ccccc1)C(=O)N(CC(=O)NCc1ccc(C(=C)N)cc1)/C(=C(\C)Cl)c1cccc(NC(=O)C(F)(F)F)c1. The van der Waals surface area contributed by atoms with Crippen LogP contribution in [0.4, 0.5) is 18.9 Å². The Labute approximate surface area is 270 Å². The van der Waals surface area contributed by atoms with E-state index in [4.69, 9.17) is 17.3 Å². The first kappa shape index (κ1) is 35.6. The van der Waals surface area contributed by atoms with Crippen LogP contribution in [0.5, 0.6) is 0 Å². The Balaban J connectivity index is 1.83. The Hall–Kier alpha value is -4.87. The van der Waals surface area contributed by atoms with Crippen molar-refractivity contribution in [3.05, 3.63) is 125 Å². The van der Waals surface area contributed by atoms with Crippen LogP contribution >= 0.6 is 11.6 Å². The molecule has 3 rings (SSSR count). The normalized spacial score (nSPS) is 11.7. The number of alkyl halides is 3. The number of carbonyl (C=O) groups is 3. The molecular formula is C34H35ClF3N5O3.